The molecule has 0 aliphatic heterocycles. The summed E-state index contributed by atoms with van der Waals surface area (Å²) in [5, 5.41) is 14.0. The van der Waals surface area contributed by atoms with Crippen LogP contribution in [0.4, 0.5) is 11.4 Å². The molecule has 0 aliphatic rings. The zero-order chi connectivity index (χ0) is 18.3. The number of nitrogens with one attached hydrogen (secondary N) is 1. The number of hydrogen-bond donors (Lipinski definition) is 1. The summed E-state index contributed by atoms with van der Waals surface area (Å²) in [4.78, 5) is 35.6. The van der Waals surface area contributed by atoms with E-state index in [1.807, 2.05) is 0 Å². The zero-order valence-corrected chi connectivity index (χ0v) is 14.1. The number of ether oxygens (including phenoxy) is 2. The highest BCUT2D eigenvalue weighted by molar-refractivity contribution is 5.93. The normalized spacial score (nSPS) is 11.5. The lowest BCUT2D eigenvalue weighted by molar-refractivity contribution is -0.384. The van der Waals surface area contributed by atoms with Crippen molar-refractivity contribution in [2.75, 3.05) is 39.7 Å². The van der Waals surface area contributed by atoms with Crippen LogP contribution in [0.3, 0.4) is 0 Å². The second-order valence-corrected chi connectivity index (χ2v) is 5.19. The molecule has 0 radical (unpaired) electrons. The number of nitrogens with zero attached hydrogens (tertiary/aromatic N) is 2. The van der Waals surface area contributed by atoms with Crippen LogP contribution in [0.25, 0.3) is 0 Å². The lowest BCUT2D eigenvalue weighted by Gasteiger charge is -2.17. The summed E-state index contributed by atoms with van der Waals surface area (Å²) in [5.41, 5.74) is 0.00977. The van der Waals surface area contributed by atoms with Gasteiger partial charge in [0.05, 0.1) is 17.1 Å². The van der Waals surface area contributed by atoms with Crippen molar-refractivity contribution < 1.29 is 24.0 Å². The number of carbonyl (C=O) groups excluding carboxylic acids is 2. The summed E-state index contributed by atoms with van der Waals surface area (Å²) in [6.07, 6.45) is -0.980. The highest BCUT2D eigenvalue weighted by atomic mass is 16.6. The summed E-state index contributed by atoms with van der Waals surface area (Å²) >= 11 is 0. The Morgan fingerprint density at radius 1 is 1.38 bits per heavy atom. The second-order valence-electron chi connectivity index (χ2n) is 5.19. The molecule has 1 aromatic carbocycles. The molecule has 1 rings (SSSR count). The monoisotopic (exact) mass is 339 g/mol. The molecular weight excluding hydrogens is 318 g/mol. The summed E-state index contributed by atoms with van der Waals surface area (Å²) in [6.45, 7) is 2.20. The summed E-state index contributed by atoms with van der Waals surface area (Å²) in [5.74, 6) is -1.18. The maximum atomic E-state index is 12.1. The smallest absolute Gasteiger partial charge is 0.339 e. The molecule has 0 aliphatic carbocycles. The van der Waals surface area contributed by atoms with E-state index in [0.717, 1.165) is 6.07 Å². The van der Waals surface area contributed by atoms with Gasteiger partial charge in [-0.15, -0.1) is 0 Å². The maximum Gasteiger partial charge on any atom is 0.339 e. The van der Waals surface area contributed by atoms with Gasteiger partial charge in [0, 0.05) is 33.8 Å². The van der Waals surface area contributed by atoms with E-state index in [1.165, 1.54) is 45.2 Å². The molecule has 24 heavy (non-hydrogen) atoms. The van der Waals surface area contributed by atoms with Crippen LogP contribution in [0.2, 0.25) is 0 Å². The van der Waals surface area contributed by atoms with Gasteiger partial charge in [-0.2, -0.15) is 0 Å². The number of anilines is 1. The van der Waals surface area contributed by atoms with E-state index in [9.17, 15) is 19.7 Å². The van der Waals surface area contributed by atoms with E-state index in [0.29, 0.717) is 13.2 Å². The van der Waals surface area contributed by atoms with Gasteiger partial charge in [-0.05, 0) is 19.1 Å². The van der Waals surface area contributed by atoms with Crippen LogP contribution < -0.4 is 5.32 Å². The molecule has 0 aromatic heterocycles. The van der Waals surface area contributed by atoms with Gasteiger partial charge in [-0.3, -0.25) is 14.9 Å². The van der Waals surface area contributed by atoms with Crippen LogP contribution in [0.5, 0.6) is 0 Å². The molecule has 1 amide bonds. The van der Waals surface area contributed by atoms with Crippen molar-refractivity contribution in [2.24, 2.45) is 0 Å². The number of likely N-dealkylation sites (N-methyl/N-ethyl adjacent to an activating group) is 1. The molecule has 0 bridgehead atoms. The Labute approximate surface area is 139 Å². The third-order valence-electron chi connectivity index (χ3n) is 3.12. The summed E-state index contributed by atoms with van der Waals surface area (Å²) < 4.78 is 9.91. The van der Waals surface area contributed by atoms with E-state index in [2.05, 4.69) is 5.32 Å². The van der Waals surface area contributed by atoms with Gasteiger partial charge in [-0.1, -0.05) is 0 Å². The Balaban J connectivity index is 2.92. The Bertz CT molecular complexity index is 617. The van der Waals surface area contributed by atoms with E-state index in [1.54, 1.807) is 0 Å². The highest BCUT2D eigenvalue weighted by Gasteiger charge is 2.23. The van der Waals surface area contributed by atoms with E-state index in [4.69, 9.17) is 9.47 Å². The second kappa shape index (κ2) is 8.82. The van der Waals surface area contributed by atoms with Crippen LogP contribution in [-0.2, 0) is 14.3 Å². The van der Waals surface area contributed by atoms with Crippen molar-refractivity contribution in [1.82, 2.24) is 4.90 Å². The number of methoxy groups -OCH3 is 1. The number of esters is 1. The predicted octanol–water partition coefficient (Wildman–Crippen LogP) is 1.29. The minimum atomic E-state index is -0.980. The van der Waals surface area contributed by atoms with Crippen molar-refractivity contribution in [1.29, 1.82) is 0 Å². The quantitative estimate of drug-likeness (QED) is 0.329. The van der Waals surface area contributed by atoms with Crippen molar-refractivity contribution in [2.45, 2.75) is 13.0 Å². The first-order valence-corrected chi connectivity index (χ1v) is 7.21. The Morgan fingerprint density at radius 3 is 2.58 bits per heavy atom. The highest BCUT2D eigenvalue weighted by Crippen LogP contribution is 2.26. The van der Waals surface area contributed by atoms with Crippen molar-refractivity contribution in [3.63, 3.8) is 0 Å². The van der Waals surface area contributed by atoms with Gasteiger partial charge in [0.1, 0.15) is 5.69 Å². The third kappa shape index (κ3) is 5.20. The molecule has 0 saturated heterocycles. The minimum absolute atomic E-state index is 0.00241. The van der Waals surface area contributed by atoms with Crippen molar-refractivity contribution in [3.05, 3.63) is 33.9 Å². The van der Waals surface area contributed by atoms with Gasteiger partial charge in [-0.25, -0.2) is 4.79 Å². The number of nitro benzene ring substituents is 1. The van der Waals surface area contributed by atoms with E-state index in [-0.39, 0.29) is 22.8 Å². The molecule has 0 heterocycles. The molecule has 9 heteroatoms. The Hall–Kier alpha value is -2.68. The molecule has 132 valence electrons. The standard InChI is InChI=1S/C15H21N3O6/c1-10(14(19)17(2)3)24-15(20)11-5-6-12(16-7-8-23-4)13(9-11)18(21)22/h5-6,9-10,16H,7-8H2,1-4H3/t10-/m0/s1. The fraction of sp³-hybridized carbons (Fsp3) is 0.467. The van der Waals surface area contributed by atoms with Gasteiger partial charge < -0.3 is 19.7 Å². The van der Waals surface area contributed by atoms with Crippen LogP contribution >= 0.6 is 0 Å². The average Bonchev–Trinajstić information content (AvgIpc) is 2.53. The molecule has 0 spiro atoms. The summed E-state index contributed by atoms with van der Waals surface area (Å²) in [6, 6.07) is 3.93. The first-order chi connectivity index (χ1) is 11.3. The van der Waals surface area contributed by atoms with Crippen molar-refractivity contribution in [3.8, 4) is 0 Å². The molecule has 1 aromatic rings. The lowest BCUT2D eigenvalue weighted by atomic mass is 10.1. The molecule has 0 unspecified atom stereocenters. The lowest BCUT2D eigenvalue weighted by Crippen LogP contribution is -2.34. The third-order valence-corrected chi connectivity index (χ3v) is 3.12. The van der Waals surface area contributed by atoms with E-state index < -0.39 is 17.0 Å². The van der Waals surface area contributed by atoms with Gasteiger partial charge >= 0.3 is 5.97 Å². The first-order valence-electron chi connectivity index (χ1n) is 7.21. The van der Waals surface area contributed by atoms with Gasteiger partial charge in [0.15, 0.2) is 6.10 Å². The SMILES string of the molecule is COCCNc1ccc(C(=O)O[C@@H](C)C(=O)N(C)C)cc1[N+](=O)[O-]. The molecule has 0 saturated carbocycles. The summed E-state index contributed by atoms with van der Waals surface area (Å²) in [7, 11) is 4.60. The van der Waals surface area contributed by atoms with Crippen LogP contribution in [-0.4, -0.2) is 62.2 Å². The van der Waals surface area contributed by atoms with Gasteiger partial charge in [0.25, 0.3) is 11.6 Å². The number of rotatable bonds is 8. The van der Waals surface area contributed by atoms with Crippen LogP contribution in [0, 0.1) is 10.1 Å². The number of nitro groups is 1. The van der Waals surface area contributed by atoms with Gasteiger partial charge in [0.2, 0.25) is 0 Å². The first kappa shape index (κ1) is 19.4. The average molecular weight is 339 g/mol. The number of carbonyl (C=O) groups is 2. The molecule has 1 N–H and O–H groups in total. The largest absolute Gasteiger partial charge is 0.449 e. The van der Waals surface area contributed by atoms with Crippen LogP contribution in [0.15, 0.2) is 18.2 Å². The van der Waals surface area contributed by atoms with E-state index >= 15 is 0 Å². The minimum Gasteiger partial charge on any atom is -0.449 e. The number of hydrogen-bond acceptors (Lipinski definition) is 7. The number of amides is 1. The molecular formula is C15H21N3O6. The fourth-order valence-corrected chi connectivity index (χ4v) is 1.89. The molecule has 9 nitrogen and oxygen atoms in total. The fourth-order valence-electron chi connectivity index (χ4n) is 1.89. The maximum absolute atomic E-state index is 12.1. The number of benzene rings is 1. The molecule has 1 atom stereocenters. The predicted molar refractivity (Wildman–Crippen MR) is 87.0 cm³/mol. The Morgan fingerprint density at radius 2 is 2.04 bits per heavy atom. The topological polar surface area (TPSA) is 111 Å². The zero-order valence-electron chi connectivity index (χ0n) is 14.1. The molecule has 0 fully saturated rings. The van der Waals surface area contributed by atoms with Crippen LogP contribution in [0.1, 0.15) is 17.3 Å². The Kier molecular flexibility index (Phi) is 7.12. The van der Waals surface area contributed by atoms with Crippen molar-refractivity contribution >= 4 is 23.3 Å².